The molecule has 1 saturated carbocycles. The highest BCUT2D eigenvalue weighted by Gasteiger charge is 2.43. The lowest BCUT2D eigenvalue weighted by molar-refractivity contribution is 0.0831. The standard InChI is InChI=1S/C23H25ClN6O/c24-16-4-2-15(3-5-16)21-20(29-11-1-10-25-22(29)27-21)14-28-12-18-8-9-19(13-28)30(18)23(31)26-17-6-7-17/h1-5,10-11,17-19H,6-9,12-14H2,(H,26,31). The monoisotopic (exact) mass is 436 g/mol. The summed E-state index contributed by atoms with van der Waals surface area (Å²) in [6.45, 7) is 2.56. The number of hydrogen-bond acceptors (Lipinski definition) is 4. The predicted octanol–water partition coefficient (Wildman–Crippen LogP) is 3.57. The fourth-order valence-electron chi connectivity index (χ4n) is 5.06. The molecule has 3 aliphatic rings. The maximum atomic E-state index is 12.7. The van der Waals surface area contributed by atoms with E-state index in [2.05, 4.69) is 24.5 Å². The third-order valence-corrected chi connectivity index (χ3v) is 6.94. The lowest BCUT2D eigenvalue weighted by Crippen LogP contribution is -2.58. The number of benzene rings is 1. The molecule has 3 aromatic rings. The fraction of sp³-hybridized carbons (Fsp3) is 0.435. The lowest BCUT2D eigenvalue weighted by Gasteiger charge is -2.41. The van der Waals surface area contributed by atoms with E-state index in [1.165, 1.54) is 0 Å². The van der Waals surface area contributed by atoms with Crippen molar-refractivity contribution in [3.63, 3.8) is 0 Å². The Labute approximate surface area is 186 Å². The molecule has 1 N–H and O–H groups in total. The first-order valence-corrected chi connectivity index (χ1v) is 11.4. The Kier molecular flexibility index (Phi) is 4.61. The first-order chi connectivity index (χ1) is 15.2. The van der Waals surface area contributed by atoms with Gasteiger partial charge >= 0.3 is 6.03 Å². The van der Waals surface area contributed by atoms with Crippen LogP contribution in [-0.4, -0.2) is 61.4 Å². The first-order valence-electron chi connectivity index (χ1n) is 11.0. The second-order valence-corrected chi connectivity index (χ2v) is 9.35. The number of urea groups is 1. The van der Waals surface area contributed by atoms with Crippen molar-refractivity contribution >= 4 is 23.4 Å². The van der Waals surface area contributed by atoms with Crippen LogP contribution in [0.1, 0.15) is 31.4 Å². The summed E-state index contributed by atoms with van der Waals surface area (Å²) in [4.78, 5) is 26.6. The number of piperazine rings is 1. The van der Waals surface area contributed by atoms with Crippen molar-refractivity contribution in [3.8, 4) is 11.3 Å². The van der Waals surface area contributed by atoms with Gasteiger partial charge in [-0.1, -0.05) is 23.7 Å². The van der Waals surface area contributed by atoms with Gasteiger partial charge in [0.05, 0.1) is 11.4 Å². The Morgan fingerprint density at radius 1 is 1.10 bits per heavy atom. The Morgan fingerprint density at radius 2 is 1.84 bits per heavy atom. The molecular weight excluding hydrogens is 412 g/mol. The van der Waals surface area contributed by atoms with Crippen LogP contribution in [0.2, 0.25) is 5.02 Å². The van der Waals surface area contributed by atoms with Crippen LogP contribution in [-0.2, 0) is 6.54 Å². The minimum Gasteiger partial charge on any atom is -0.335 e. The number of amides is 2. The summed E-state index contributed by atoms with van der Waals surface area (Å²) in [7, 11) is 0. The van der Waals surface area contributed by atoms with E-state index in [4.69, 9.17) is 16.6 Å². The number of likely N-dealkylation sites (tertiary alicyclic amines) is 1. The van der Waals surface area contributed by atoms with E-state index >= 15 is 0 Å². The van der Waals surface area contributed by atoms with E-state index in [-0.39, 0.29) is 18.1 Å². The van der Waals surface area contributed by atoms with Crippen molar-refractivity contribution in [3.05, 3.63) is 53.4 Å². The molecule has 1 aromatic carbocycles. The summed E-state index contributed by atoms with van der Waals surface area (Å²) in [5.74, 6) is 0.702. The molecule has 160 valence electrons. The minimum atomic E-state index is 0.135. The molecule has 8 heteroatoms. The largest absolute Gasteiger partial charge is 0.335 e. The van der Waals surface area contributed by atoms with E-state index in [0.717, 1.165) is 62.3 Å². The molecule has 2 aromatic heterocycles. The summed E-state index contributed by atoms with van der Waals surface area (Å²) in [5, 5.41) is 3.89. The highest BCUT2D eigenvalue weighted by Crippen LogP contribution is 2.33. The molecule has 0 radical (unpaired) electrons. The number of hydrogen-bond donors (Lipinski definition) is 1. The van der Waals surface area contributed by atoms with Crippen molar-refractivity contribution in [1.29, 1.82) is 0 Å². The van der Waals surface area contributed by atoms with E-state index in [9.17, 15) is 4.79 Å². The third kappa shape index (κ3) is 3.55. The smallest absolute Gasteiger partial charge is 0.318 e. The van der Waals surface area contributed by atoms with Gasteiger partial charge in [0.1, 0.15) is 0 Å². The number of aromatic nitrogens is 3. The van der Waals surface area contributed by atoms with Crippen molar-refractivity contribution in [1.82, 2.24) is 29.5 Å². The first kappa shape index (κ1) is 19.1. The maximum absolute atomic E-state index is 12.7. The molecule has 2 amide bonds. The van der Waals surface area contributed by atoms with Crippen LogP contribution in [0.4, 0.5) is 4.79 Å². The third-order valence-electron chi connectivity index (χ3n) is 6.69. The Hall–Kier alpha value is -2.64. The molecule has 4 heterocycles. The number of nitrogens with one attached hydrogen (secondary N) is 1. The topological polar surface area (TPSA) is 65.8 Å². The molecule has 2 unspecified atom stereocenters. The zero-order valence-corrected chi connectivity index (χ0v) is 18.0. The highest BCUT2D eigenvalue weighted by molar-refractivity contribution is 6.30. The van der Waals surface area contributed by atoms with Gasteiger partial charge in [0.25, 0.3) is 0 Å². The minimum absolute atomic E-state index is 0.135. The molecule has 1 aliphatic carbocycles. The van der Waals surface area contributed by atoms with Gasteiger partial charge in [0.15, 0.2) is 0 Å². The van der Waals surface area contributed by atoms with Crippen LogP contribution in [0.5, 0.6) is 0 Å². The van der Waals surface area contributed by atoms with E-state index < -0.39 is 0 Å². The highest BCUT2D eigenvalue weighted by atomic mass is 35.5. The molecule has 2 aliphatic heterocycles. The summed E-state index contributed by atoms with van der Waals surface area (Å²) < 4.78 is 2.08. The molecular formula is C23H25ClN6O. The van der Waals surface area contributed by atoms with Crippen molar-refractivity contribution in [2.45, 2.75) is 50.4 Å². The summed E-state index contributed by atoms with van der Waals surface area (Å²) in [5.41, 5.74) is 3.10. The summed E-state index contributed by atoms with van der Waals surface area (Å²) >= 11 is 6.10. The van der Waals surface area contributed by atoms with Crippen LogP contribution in [0.15, 0.2) is 42.7 Å². The Morgan fingerprint density at radius 3 is 2.55 bits per heavy atom. The van der Waals surface area contributed by atoms with Gasteiger partial charge in [0.2, 0.25) is 5.78 Å². The molecule has 2 saturated heterocycles. The van der Waals surface area contributed by atoms with E-state index in [1.54, 1.807) is 6.20 Å². The number of carbonyl (C=O) groups excluding carboxylic acids is 1. The Bertz CT molecular complexity index is 1110. The predicted molar refractivity (Wildman–Crippen MR) is 119 cm³/mol. The van der Waals surface area contributed by atoms with Crippen molar-refractivity contribution in [2.24, 2.45) is 0 Å². The molecule has 6 rings (SSSR count). The quantitative estimate of drug-likeness (QED) is 0.679. The summed E-state index contributed by atoms with van der Waals surface area (Å²) in [6.07, 6.45) is 8.21. The molecule has 2 atom stereocenters. The molecule has 31 heavy (non-hydrogen) atoms. The SMILES string of the molecule is O=C(NC1CC1)N1C2CCC1CN(Cc1c(-c3ccc(Cl)cc3)nc3ncccn13)C2. The van der Waals surface area contributed by atoms with Crippen LogP contribution in [0.25, 0.3) is 17.0 Å². The second-order valence-electron chi connectivity index (χ2n) is 8.91. The fourth-order valence-corrected chi connectivity index (χ4v) is 5.19. The molecule has 2 bridgehead atoms. The number of carbonyl (C=O) groups is 1. The Balaban J connectivity index is 1.27. The van der Waals surface area contributed by atoms with E-state index in [1.807, 2.05) is 36.5 Å². The van der Waals surface area contributed by atoms with Crippen molar-refractivity contribution in [2.75, 3.05) is 13.1 Å². The van der Waals surface area contributed by atoms with Gasteiger partial charge in [-0.05, 0) is 43.9 Å². The molecule has 3 fully saturated rings. The van der Waals surface area contributed by atoms with Crippen LogP contribution in [0.3, 0.4) is 0 Å². The van der Waals surface area contributed by atoms with Crippen LogP contribution in [0, 0.1) is 0 Å². The van der Waals surface area contributed by atoms with Crippen molar-refractivity contribution < 1.29 is 4.79 Å². The second kappa shape index (κ2) is 7.50. The number of rotatable bonds is 4. The molecule has 0 spiro atoms. The van der Waals surface area contributed by atoms with Gasteiger partial charge in [0, 0.05) is 60.7 Å². The number of halogens is 1. The van der Waals surface area contributed by atoms with Crippen LogP contribution < -0.4 is 5.32 Å². The normalized spacial score (nSPS) is 23.5. The number of nitrogens with zero attached hydrogens (tertiary/aromatic N) is 5. The van der Waals surface area contributed by atoms with E-state index in [0.29, 0.717) is 16.8 Å². The number of fused-ring (bicyclic) bond motifs is 3. The maximum Gasteiger partial charge on any atom is 0.318 e. The molecule has 7 nitrogen and oxygen atoms in total. The van der Waals surface area contributed by atoms with Gasteiger partial charge < -0.3 is 10.2 Å². The van der Waals surface area contributed by atoms with Gasteiger partial charge in [-0.25, -0.2) is 14.8 Å². The summed E-state index contributed by atoms with van der Waals surface area (Å²) in [6, 6.07) is 10.9. The zero-order valence-electron chi connectivity index (χ0n) is 17.2. The average molecular weight is 437 g/mol. The average Bonchev–Trinajstić information content (AvgIpc) is 3.45. The van der Waals surface area contributed by atoms with Gasteiger partial charge in [-0.2, -0.15) is 0 Å². The number of imidazole rings is 1. The zero-order chi connectivity index (χ0) is 20.9. The lowest BCUT2D eigenvalue weighted by atomic mass is 10.1. The van der Waals surface area contributed by atoms with Gasteiger partial charge in [-0.3, -0.25) is 9.30 Å². The van der Waals surface area contributed by atoms with Gasteiger partial charge in [-0.15, -0.1) is 0 Å². The van der Waals surface area contributed by atoms with Crippen LogP contribution >= 0.6 is 11.6 Å².